The number of aliphatic hydroxyl groups is 8. The molecule has 10 N–H and O–H groups in total. The van der Waals surface area contributed by atoms with Crippen molar-refractivity contribution in [2.24, 2.45) is 0 Å². The van der Waals surface area contributed by atoms with Gasteiger partial charge < -0.3 is 74.4 Å². The fourth-order valence-electron chi connectivity index (χ4n) is 4.87. The second kappa shape index (κ2) is 12.2. The number of phenols is 2. The Balaban J connectivity index is 1.38. The van der Waals surface area contributed by atoms with E-state index in [2.05, 4.69) is 0 Å². The van der Waals surface area contributed by atoms with E-state index in [0.717, 1.165) is 18.4 Å². The lowest BCUT2D eigenvalue weighted by Gasteiger charge is -2.39. The number of phenolic OH excluding ortho intramolecular Hbond substituents is 2. The number of fused-ring (bicyclic) bond motifs is 1. The molecule has 3 aromatic rings. The standard InChI is InChI=1S/C27H30O16/c28-6-16-20(33)22(35)24(37)26(42-16)40-9-1-2-11(13(30)3-9)12-8-39-15-5-10(4-14(31)18(15)19(12)32)41-27-25(38)23(36)21(34)17(7-29)43-27/h1-5,8,16-17,20-31,33-38H,6-7H2/t16-,17-,20-,21-,22+,23+,24-,25-,26?,27?/m1/s1. The van der Waals surface area contributed by atoms with Crippen molar-refractivity contribution in [1.29, 1.82) is 0 Å². The topological polar surface area (TPSA) is 269 Å². The molecule has 0 bridgehead atoms. The summed E-state index contributed by atoms with van der Waals surface area (Å²) in [4.78, 5) is 13.3. The third-order valence-corrected chi connectivity index (χ3v) is 7.29. The Morgan fingerprint density at radius 2 is 1.19 bits per heavy atom. The molecule has 0 amide bonds. The number of hydrogen-bond donors (Lipinski definition) is 10. The number of hydrogen-bond acceptors (Lipinski definition) is 16. The molecule has 0 aliphatic carbocycles. The molecule has 2 fully saturated rings. The summed E-state index contributed by atoms with van der Waals surface area (Å²) in [5.41, 5.74) is -1.11. The fourth-order valence-corrected chi connectivity index (χ4v) is 4.87. The van der Waals surface area contributed by atoms with Crippen molar-refractivity contribution in [2.45, 2.75) is 61.4 Å². The molecular formula is C27H30O16. The normalized spacial score (nSPS) is 32.9. The Bertz CT molecular complexity index is 1500. The van der Waals surface area contributed by atoms with E-state index in [1.807, 2.05) is 0 Å². The molecule has 43 heavy (non-hydrogen) atoms. The van der Waals surface area contributed by atoms with Gasteiger partial charge in [0.2, 0.25) is 18.0 Å². The van der Waals surface area contributed by atoms with E-state index in [1.54, 1.807) is 0 Å². The van der Waals surface area contributed by atoms with Crippen LogP contribution in [0.5, 0.6) is 23.0 Å². The molecule has 2 saturated heterocycles. The van der Waals surface area contributed by atoms with Gasteiger partial charge in [-0.2, -0.15) is 0 Å². The molecular weight excluding hydrogens is 580 g/mol. The Hall–Kier alpha value is -3.55. The van der Waals surface area contributed by atoms with Crippen LogP contribution in [-0.2, 0) is 9.47 Å². The van der Waals surface area contributed by atoms with E-state index in [-0.39, 0.29) is 33.6 Å². The summed E-state index contributed by atoms with van der Waals surface area (Å²) in [5, 5.41) is 99.8. The van der Waals surface area contributed by atoms with E-state index >= 15 is 0 Å². The first-order chi connectivity index (χ1) is 20.4. The van der Waals surface area contributed by atoms with Crippen LogP contribution in [0.15, 0.2) is 45.8 Å². The van der Waals surface area contributed by atoms with Crippen LogP contribution < -0.4 is 14.9 Å². The van der Waals surface area contributed by atoms with E-state index in [0.29, 0.717) is 0 Å². The van der Waals surface area contributed by atoms with E-state index in [9.17, 15) is 55.9 Å². The minimum atomic E-state index is -1.72. The predicted octanol–water partition coefficient (Wildman–Crippen LogP) is -2.77. The van der Waals surface area contributed by atoms with Crippen LogP contribution >= 0.6 is 0 Å². The molecule has 0 saturated carbocycles. The van der Waals surface area contributed by atoms with Crippen molar-refractivity contribution in [2.75, 3.05) is 13.2 Å². The summed E-state index contributed by atoms with van der Waals surface area (Å²) < 4.78 is 27.1. The lowest BCUT2D eigenvalue weighted by atomic mass is 9.99. The van der Waals surface area contributed by atoms with Crippen LogP contribution in [0.4, 0.5) is 0 Å². The lowest BCUT2D eigenvalue weighted by Crippen LogP contribution is -2.60. The molecule has 3 heterocycles. The van der Waals surface area contributed by atoms with Crippen LogP contribution in [0.25, 0.3) is 22.1 Å². The smallest absolute Gasteiger partial charge is 0.229 e. The molecule has 16 heteroatoms. The molecule has 2 aliphatic rings. The van der Waals surface area contributed by atoms with Crippen molar-refractivity contribution in [3.8, 4) is 34.1 Å². The van der Waals surface area contributed by atoms with Crippen LogP contribution in [0, 0.1) is 0 Å². The number of benzene rings is 2. The molecule has 2 aromatic carbocycles. The van der Waals surface area contributed by atoms with Gasteiger partial charge in [0.1, 0.15) is 89.1 Å². The second-order valence-electron chi connectivity index (χ2n) is 10.1. The third kappa shape index (κ3) is 5.73. The second-order valence-corrected chi connectivity index (χ2v) is 10.1. The molecule has 234 valence electrons. The quantitative estimate of drug-likeness (QED) is 0.130. The summed E-state index contributed by atoms with van der Waals surface area (Å²) >= 11 is 0. The van der Waals surface area contributed by atoms with Crippen molar-refractivity contribution in [3.05, 3.63) is 46.8 Å². The van der Waals surface area contributed by atoms with Gasteiger partial charge in [0.25, 0.3) is 0 Å². The maximum absolute atomic E-state index is 13.3. The zero-order valence-corrected chi connectivity index (χ0v) is 22.1. The fraction of sp³-hybridized carbons (Fsp3) is 0.444. The number of aliphatic hydroxyl groups excluding tert-OH is 8. The van der Waals surface area contributed by atoms with Gasteiger partial charge in [-0.1, -0.05) is 0 Å². The highest BCUT2D eigenvalue weighted by molar-refractivity contribution is 5.88. The minimum Gasteiger partial charge on any atom is -0.507 e. The van der Waals surface area contributed by atoms with Crippen LogP contribution in [0.3, 0.4) is 0 Å². The molecule has 5 rings (SSSR count). The van der Waals surface area contributed by atoms with Crippen molar-refractivity contribution in [3.63, 3.8) is 0 Å². The van der Waals surface area contributed by atoms with Gasteiger partial charge in [0, 0.05) is 23.8 Å². The molecule has 0 radical (unpaired) electrons. The number of rotatable bonds is 7. The lowest BCUT2D eigenvalue weighted by molar-refractivity contribution is -0.277. The van der Waals surface area contributed by atoms with Crippen molar-refractivity contribution >= 4 is 11.0 Å². The van der Waals surface area contributed by atoms with Gasteiger partial charge in [-0.25, -0.2) is 0 Å². The van der Waals surface area contributed by atoms with Crippen molar-refractivity contribution < 1.29 is 74.4 Å². The summed E-state index contributed by atoms with van der Waals surface area (Å²) in [6.07, 6.45) is -14.5. The van der Waals surface area contributed by atoms with Gasteiger partial charge >= 0.3 is 0 Å². The molecule has 1 aromatic heterocycles. The van der Waals surface area contributed by atoms with Crippen LogP contribution in [0.1, 0.15) is 0 Å². The van der Waals surface area contributed by atoms with Gasteiger partial charge in [0.15, 0.2) is 0 Å². The number of aromatic hydroxyl groups is 2. The first-order valence-electron chi connectivity index (χ1n) is 13.0. The Morgan fingerprint density at radius 3 is 1.72 bits per heavy atom. The predicted molar refractivity (Wildman–Crippen MR) is 140 cm³/mol. The number of ether oxygens (including phenoxy) is 4. The first-order valence-corrected chi connectivity index (χ1v) is 13.0. The zero-order chi connectivity index (χ0) is 31.2. The summed E-state index contributed by atoms with van der Waals surface area (Å²) in [5.74, 6) is -1.29. The average Bonchev–Trinajstić information content (AvgIpc) is 2.98. The first kappa shape index (κ1) is 30.9. The highest BCUT2D eigenvalue weighted by atomic mass is 16.7. The highest BCUT2D eigenvalue weighted by Crippen LogP contribution is 2.36. The van der Waals surface area contributed by atoms with Gasteiger partial charge in [-0.3, -0.25) is 4.79 Å². The summed E-state index contributed by atoms with van der Waals surface area (Å²) in [7, 11) is 0. The van der Waals surface area contributed by atoms with Gasteiger partial charge in [-0.05, 0) is 12.1 Å². The van der Waals surface area contributed by atoms with E-state index in [1.165, 1.54) is 18.2 Å². The summed E-state index contributed by atoms with van der Waals surface area (Å²) in [6, 6.07) is 5.87. The Morgan fingerprint density at radius 1 is 0.651 bits per heavy atom. The maximum atomic E-state index is 13.3. The molecule has 10 atom stereocenters. The average molecular weight is 611 g/mol. The Kier molecular flexibility index (Phi) is 8.77. The van der Waals surface area contributed by atoms with Crippen molar-refractivity contribution in [1.82, 2.24) is 0 Å². The molecule has 2 aliphatic heterocycles. The largest absolute Gasteiger partial charge is 0.507 e. The SMILES string of the molecule is O=c1c(-c2ccc(OC3O[C@H](CO)[C@@H](O)[C@H](O)[C@H]3O)cc2O)coc2cc(OC3O[C@H](CO)[C@@H](O)[C@H](O)[C@H]3O)cc(O)c12. The van der Waals surface area contributed by atoms with Crippen LogP contribution in [0.2, 0.25) is 0 Å². The Labute approximate surface area is 241 Å². The zero-order valence-electron chi connectivity index (χ0n) is 22.1. The summed E-state index contributed by atoms with van der Waals surface area (Å²) in [6.45, 7) is -1.35. The molecule has 16 nitrogen and oxygen atoms in total. The monoisotopic (exact) mass is 610 g/mol. The molecule has 2 unspecified atom stereocenters. The van der Waals surface area contributed by atoms with E-state index < -0.39 is 91.6 Å². The highest BCUT2D eigenvalue weighted by Gasteiger charge is 2.46. The van der Waals surface area contributed by atoms with Gasteiger partial charge in [0.05, 0.1) is 18.8 Å². The third-order valence-electron chi connectivity index (χ3n) is 7.29. The van der Waals surface area contributed by atoms with E-state index in [4.69, 9.17) is 23.4 Å². The van der Waals surface area contributed by atoms with Crippen LogP contribution in [-0.4, -0.2) is 126 Å². The maximum Gasteiger partial charge on any atom is 0.229 e. The van der Waals surface area contributed by atoms with Gasteiger partial charge in [-0.15, -0.1) is 0 Å². The minimum absolute atomic E-state index is 0.0298. The molecule has 0 spiro atoms.